The van der Waals surface area contributed by atoms with Crippen LogP contribution < -0.4 is 19.8 Å². The Hall–Kier alpha value is -3.67. The molecule has 0 atom stereocenters. The molecule has 4 heterocycles. The highest BCUT2D eigenvalue weighted by molar-refractivity contribution is 7.99. The van der Waals surface area contributed by atoms with Crippen LogP contribution in [0.4, 0.5) is 34.5 Å². The fourth-order valence-corrected chi connectivity index (χ4v) is 7.32. The lowest BCUT2D eigenvalue weighted by Crippen LogP contribution is -2.52. The minimum atomic E-state index is 0.491. The minimum absolute atomic E-state index is 0.491. The Bertz CT molecular complexity index is 1660. The molecule has 0 radical (unpaired) electrons. The van der Waals surface area contributed by atoms with E-state index in [2.05, 4.69) is 91.1 Å². The first-order valence-corrected chi connectivity index (χ1v) is 17.9. The predicted molar refractivity (Wildman–Crippen MR) is 192 cm³/mol. The summed E-state index contributed by atoms with van der Waals surface area (Å²) in [6, 6.07) is 11.6. The molecular weight excluding hydrogens is 593 g/mol. The van der Waals surface area contributed by atoms with E-state index in [4.69, 9.17) is 9.97 Å². The third kappa shape index (κ3) is 6.59. The van der Waals surface area contributed by atoms with Crippen LogP contribution in [0.15, 0.2) is 48.9 Å². The van der Waals surface area contributed by atoms with E-state index >= 15 is 0 Å². The Morgan fingerprint density at radius 2 is 1.70 bits per heavy atom. The normalized spacial score (nSPS) is 18.2. The standard InChI is InChI=1S/C35H46N10S/c1-5-24-22-26(8-11-31(24)45-16-12-27(13-17-45)44-20-18-42(2)19-21-44)39-35-38-23-28(25-6-7-25)34(41-35)40-30-10-9-29-32(37-15-14-36-29)33(30)43(3)46-4/h8-11,14-15,22-23,25,27H,5-7,12-13,16-21H2,1-4H3,(H2,38,39,40,41). The summed E-state index contributed by atoms with van der Waals surface area (Å²) >= 11 is 1.64. The summed E-state index contributed by atoms with van der Waals surface area (Å²) in [5.41, 5.74) is 8.56. The topological polar surface area (TPSA) is 88.6 Å². The summed E-state index contributed by atoms with van der Waals surface area (Å²) in [4.78, 5) is 26.8. The Morgan fingerprint density at radius 1 is 0.913 bits per heavy atom. The van der Waals surface area contributed by atoms with Gasteiger partial charge in [0.05, 0.1) is 16.9 Å². The molecule has 0 amide bonds. The second-order valence-electron chi connectivity index (χ2n) is 12.8. The molecule has 0 spiro atoms. The van der Waals surface area contributed by atoms with Crippen LogP contribution >= 0.6 is 11.9 Å². The molecule has 0 bridgehead atoms. The second kappa shape index (κ2) is 13.6. The number of aryl methyl sites for hydroxylation is 1. The number of rotatable bonds is 10. The molecule has 1 aliphatic carbocycles. The monoisotopic (exact) mass is 638 g/mol. The van der Waals surface area contributed by atoms with Gasteiger partial charge in [0, 0.05) is 94.1 Å². The van der Waals surface area contributed by atoms with Crippen molar-refractivity contribution in [3.8, 4) is 0 Å². The van der Waals surface area contributed by atoms with Crippen molar-refractivity contribution < 1.29 is 0 Å². The highest BCUT2D eigenvalue weighted by Crippen LogP contribution is 2.45. The molecule has 0 unspecified atom stereocenters. The van der Waals surface area contributed by atoms with Crippen molar-refractivity contribution in [1.29, 1.82) is 0 Å². The number of anilines is 6. The molecule has 2 saturated heterocycles. The van der Waals surface area contributed by atoms with Crippen LogP contribution in [0.5, 0.6) is 0 Å². The van der Waals surface area contributed by atoms with Gasteiger partial charge in [-0.05, 0) is 81.0 Å². The van der Waals surface area contributed by atoms with Gasteiger partial charge in [0.2, 0.25) is 5.95 Å². The van der Waals surface area contributed by atoms with Gasteiger partial charge in [-0.2, -0.15) is 4.98 Å². The summed E-state index contributed by atoms with van der Waals surface area (Å²) < 4.78 is 2.12. The third-order valence-electron chi connectivity index (χ3n) is 9.87. The number of likely N-dealkylation sites (N-methyl/N-ethyl adjacent to an activating group) is 1. The number of nitrogens with zero attached hydrogens (tertiary/aromatic N) is 8. The van der Waals surface area contributed by atoms with E-state index in [1.807, 2.05) is 12.3 Å². The quantitative estimate of drug-likeness (QED) is 0.193. The highest BCUT2D eigenvalue weighted by Gasteiger charge is 2.29. The summed E-state index contributed by atoms with van der Waals surface area (Å²) in [5, 5.41) is 7.20. The lowest BCUT2D eigenvalue weighted by atomic mass is 10.00. The first-order chi connectivity index (χ1) is 22.5. The zero-order chi connectivity index (χ0) is 31.6. The van der Waals surface area contributed by atoms with E-state index in [-0.39, 0.29) is 0 Å². The maximum Gasteiger partial charge on any atom is 0.229 e. The minimum Gasteiger partial charge on any atom is -0.371 e. The van der Waals surface area contributed by atoms with Gasteiger partial charge in [0.1, 0.15) is 11.3 Å². The van der Waals surface area contributed by atoms with Crippen molar-refractivity contribution in [2.24, 2.45) is 0 Å². The van der Waals surface area contributed by atoms with Crippen molar-refractivity contribution >= 4 is 57.5 Å². The zero-order valence-electron chi connectivity index (χ0n) is 27.5. The number of nitrogens with one attached hydrogen (secondary N) is 2. The molecule has 3 aliphatic rings. The predicted octanol–water partition coefficient (Wildman–Crippen LogP) is 6.28. The number of fused-ring (bicyclic) bond motifs is 1. The molecule has 242 valence electrons. The molecule has 2 aromatic carbocycles. The first-order valence-electron chi connectivity index (χ1n) is 16.7. The van der Waals surface area contributed by atoms with Gasteiger partial charge in [0.15, 0.2) is 0 Å². The molecule has 2 aliphatic heterocycles. The zero-order valence-corrected chi connectivity index (χ0v) is 28.4. The lowest BCUT2D eigenvalue weighted by Gasteiger charge is -2.43. The van der Waals surface area contributed by atoms with Gasteiger partial charge in [-0.3, -0.25) is 14.9 Å². The van der Waals surface area contributed by atoms with Crippen LogP contribution in [-0.4, -0.2) is 95.4 Å². The van der Waals surface area contributed by atoms with E-state index in [0.29, 0.717) is 17.9 Å². The molecule has 1 saturated carbocycles. The van der Waals surface area contributed by atoms with Crippen LogP contribution in [0, 0.1) is 0 Å². The average Bonchev–Trinajstić information content (AvgIpc) is 3.94. The van der Waals surface area contributed by atoms with E-state index < -0.39 is 0 Å². The largest absolute Gasteiger partial charge is 0.371 e. The number of benzene rings is 2. The maximum atomic E-state index is 5.04. The Balaban J connectivity index is 1.09. The molecule has 3 fully saturated rings. The molecule has 4 aromatic rings. The van der Waals surface area contributed by atoms with Gasteiger partial charge >= 0.3 is 0 Å². The van der Waals surface area contributed by atoms with Gasteiger partial charge in [0.25, 0.3) is 0 Å². The van der Waals surface area contributed by atoms with E-state index in [0.717, 1.165) is 59.0 Å². The summed E-state index contributed by atoms with van der Waals surface area (Å²) in [6.07, 6.45) is 13.3. The second-order valence-corrected chi connectivity index (χ2v) is 13.8. The summed E-state index contributed by atoms with van der Waals surface area (Å²) in [6.45, 7) is 9.27. The molecule has 2 N–H and O–H groups in total. The SMILES string of the molecule is CCc1cc(Nc2ncc(C3CC3)c(Nc3ccc4nccnc4c3N(C)SC)n2)ccc1N1CCC(N2CCN(C)CC2)CC1. The Labute approximate surface area is 277 Å². The molecule has 46 heavy (non-hydrogen) atoms. The number of hydrogen-bond donors (Lipinski definition) is 2. The number of piperidine rings is 1. The van der Waals surface area contributed by atoms with Crippen molar-refractivity contribution in [3.63, 3.8) is 0 Å². The van der Waals surface area contributed by atoms with Crippen molar-refractivity contribution in [2.75, 3.05) is 79.5 Å². The number of hydrogen-bond acceptors (Lipinski definition) is 11. The van der Waals surface area contributed by atoms with Crippen LogP contribution in [0.2, 0.25) is 0 Å². The molecule has 7 rings (SSSR count). The molecule has 10 nitrogen and oxygen atoms in total. The average molecular weight is 639 g/mol. The van der Waals surface area contributed by atoms with E-state index in [1.54, 1.807) is 24.3 Å². The fraction of sp³-hybridized carbons (Fsp3) is 0.486. The van der Waals surface area contributed by atoms with Crippen LogP contribution in [0.3, 0.4) is 0 Å². The molecule has 11 heteroatoms. The smallest absolute Gasteiger partial charge is 0.229 e. The van der Waals surface area contributed by atoms with Gasteiger partial charge in [-0.25, -0.2) is 4.98 Å². The third-order valence-corrected chi connectivity index (χ3v) is 10.6. The maximum absolute atomic E-state index is 5.04. The number of piperazine rings is 1. The first kappa shape index (κ1) is 31.0. The summed E-state index contributed by atoms with van der Waals surface area (Å²) in [5.74, 6) is 1.93. The Morgan fingerprint density at radius 3 is 2.43 bits per heavy atom. The van der Waals surface area contributed by atoms with Crippen LogP contribution in [-0.2, 0) is 6.42 Å². The van der Waals surface area contributed by atoms with E-state index in [9.17, 15) is 0 Å². The summed E-state index contributed by atoms with van der Waals surface area (Å²) in [7, 11) is 4.29. The molecular formula is C35H46N10S. The molecule has 2 aromatic heterocycles. The van der Waals surface area contributed by atoms with Gasteiger partial charge in [-0.15, -0.1) is 0 Å². The highest BCUT2D eigenvalue weighted by atomic mass is 32.2. The van der Waals surface area contributed by atoms with E-state index in [1.165, 1.54) is 63.1 Å². The van der Waals surface area contributed by atoms with Crippen molar-refractivity contribution in [3.05, 3.63) is 60.0 Å². The Kier molecular flexibility index (Phi) is 9.15. The van der Waals surface area contributed by atoms with Crippen molar-refractivity contribution in [1.82, 2.24) is 29.7 Å². The number of aromatic nitrogens is 4. The fourth-order valence-electron chi connectivity index (χ4n) is 6.95. The van der Waals surface area contributed by atoms with Crippen LogP contribution in [0.25, 0.3) is 11.0 Å². The van der Waals surface area contributed by atoms with Crippen molar-refractivity contribution in [2.45, 2.75) is 51.0 Å². The van der Waals surface area contributed by atoms with Gasteiger partial charge < -0.3 is 24.7 Å². The van der Waals surface area contributed by atoms with Crippen LogP contribution in [0.1, 0.15) is 49.7 Å². The van der Waals surface area contributed by atoms with Gasteiger partial charge in [-0.1, -0.05) is 18.9 Å². The lowest BCUT2D eigenvalue weighted by molar-refractivity contribution is 0.0982.